The smallest absolute Gasteiger partial charge is 0.255 e. The Morgan fingerprint density at radius 2 is 1.28 bits per heavy atom. The molecule has 3 aromatic rings. The van der Waals surface area contributed by atoms with Crippen molar-refractivity contribution in [2.45, 2.75) is 22.1 Å². The molecular weight excluding hydrogens is 564 g/mol. The minimum atomic E-state index is -0.707. The summed E-state index contributed by atoms with van der Waals surface area (Å²) in [5.74, 6) is 1.70. The van der Waals surface area contributed by atoms with E-state index in [0.717, 1.165) is 22.4 Å². The summed E-state index contributed by atoms with van der Waals surface area (Å²) in [5.41, 5.74) is 3.28. The van der Waals surface area contributed by atoms with Gasteiger partial charge in [0.1, 0.15) is 5.75 Å². The van der Waals surface area contributed by atoms with E-state index in [4.69, 9.17) is 9.15 Å². The lowest BCUT2D eigenvalue weighted by Crippen LogP contribution is -2.05. The summed E-state index contributed by atoms with van der Waals surface area (Å²) >= 11 is 10.0. The number of ether oxygens (including phenoxy) is 1. The lowest BCUT2D eigenvalue weighted by Gasteiger charge is -2.09. The highest BCUT2D eigenvalue weighted by molar-refractivity contribution is 9.38. The van der Waals surface area contributed by atoms with Gasteiger partial charge in [0.15, 0.2) is 0 Å². The number of nitrogens with zero attached hydrogens (tertiary/aromatic N) is 2. The van der Waals surface area contributed by atoms with Crippen molar-refractivity contribution in [2.24, 2.45) is 0 Å². The third-order valence-corrected chi connectivity index (χ3v) is 4.78. The van der Waals surface area contributed by atoms with Gasteiger partial charge in [-0.05, 0) is 96.5 Å². The second-order valence-electron chi connectivity index (χ2n) is 6.51. The molecule has 0 aliphatic carbocycles. The first-order chi connectivity index (χ1) is 13.8. The molecule has 0 fully saturated rings. The second kappa shape index (κ2) is 9.87. The predicted octanol–water partition coefficient (Wildman–Crippen LogP) is 7.49. The Morgan fingerprint density at radius 3 is 1.72 bits per heavy atom. The predicted molar refractivity (Wildman–Crippen MR) is 129 cm³/mol. The number of hydrogen-bond donors (Lipinski definition) is 0. The summed E-state index contributed by atoms with van der Waals surface area (Å²) in [6.45, 7) is 4.04. The topological polar surface area (TPSA) is 48.2 Å². The van der Waals surface area contributed by atoms with Crippen molar-refractivity contribution in [3.05, 3.63) is 77.0 Å². The van der Waals surface area contributed by atoms with Gasteiger partial charge < -0.3 is 9.15 Å². The molecule has 150 valence electrons. The van der Waals surface area contributed by atoms with Crippen LogP contribution in [0.4, 0.5) is 0 Å². The average molecular weight is 583 g/mol. The van der Waals surface area contributed by atoms with Gasteiger partial charge in [-0.3, -0.25) is 0 Å². The average Bonchev–Trinajstić information content (AvgIpc) is 3.16. The highest BCUT2D eigenvalue weighted by Crippen LogP contribution is 2.43. The lowest BCUT2D eigenvalue weighted by molar-refractivity contribution is 0.242. The monoisotopic (exact) mass is 580 g/mol. The zero-order chi connectivity index (χ0) is 20.9. The second-order valence-corrected chi connectivity index (χ2v) is 13.3. The number of alkyl halides is 3. The number of hydrogen-bond acceptors (Lipinski definition) is 4. The summed E-state index contributed by atoms with van der Waals surface area (Å²) in [6, 6.07) is 16.3. The highest BCUT2D eigenvalue weighted by Gasteiger charge is 2.27. The first-order valence-corrected chi connectivity index (χ1v) is 11.3. The van der Waals surface area contributed by atoms with Crippen molar-refractivity contribution in [3.63, 3.8) is 0 Å². The highest BCUT2D eigenvalue weighted by atomic mass is 80.0. The van der Waals surface area contributed by atoms with Gasteiger partial charge in [0.25, 0.3) is 5.89 Å². The van der Waals surface area contributed by atoms with E-state index in [9.17, 15) is 0 Å². The summed E-state index contributed by atoms with van der Waals surface area (Å²) in [6.07, 6.45) is 8.05. The van der Waals surface area contributed by atoms with Crippen LogP contribution in [0.5, 0.6) is 5.75 Å². The molecule has 0 atom stereocenters. The van der Waals surface area contributed by atoms with Crippen LogP contribution in [0.1, 0.15) is 42.3 Å². The van der Waals surface area contributed by atoms with E-state index in [2.05, 4.69) is 82.3 Å². The molecule has 7 heteroatoms. The first-order valence-electron chi connectivity index (χ1n) is 8.93. The molecule has 0 saturated heterocycles. The SMILES string of the molecule is CC(C)Oc1ccc(C=Cc2ccc(C=Cc3nnc(C(Br)(Br)Br)o3)cc2)cc1. The molecule has 29 heavy (non-hydrogen) atoms. The maximum atomic E-state index is 5.67. The molecule has 0 saturated carbocycles. The van der Waals surface area contributed by atoms with Crippen LogP contribution in [0, 0.1) is 0 Å². The van der Waals surface area contributed by atoms with Crippen molar-refractivity contribution in [1.29, 1.82) is 0 Å². The molecule has 0 radical (unpaired) electrons. The fraction of sp³-hybridized carbons (Fsp3) is 0.182. The Morgan fingerprint density at radius 1 is 0.793 bits per heavy atom. The van der Waals surface area contributed by atoms with Gasteiger partial charge in [0, 0.05) is 6.08 Å². The van der Waals surface area contributed by atoms with Crippen LogP contribution in [-0.4, -0.2) is 16.3 Å². The molecular formula is C22H19Br3N2O2. The molecule has 0 spiro atoms. The Kier molecular flexibility index (Phi) is 7.49. The zero-order valence-corrected chi connectivity index (χ0v) is 20.6. The van der Waals surface area contributed by atoms with Gasteiger partial charge in [0.2, 0.25) is 8.03 Å². The number of rotatable bonds is 6. The van der Waals surface area contributed by atoms with E-state index in [0.29, 0.717) is 11.8 Å². The molecule has 0 aliphatic rings. The third kappa shape index (κ3) is 6.94. The summed E-state index contributed by atoms with van der Waals surface area (Å²) in [7, 11) is 0. The minimum Gasteiger partial charge on any atom is -0.491 e. The van der Waals surface area contributed by atoms with E-state index < -0.39 is 2.14 Å². The summed E-state index contributed by atoms with van der Waals surface area (Å²) in [4.78, 5) is 0. The third-order valence-electron chi connectivity index (χ3n) is 3.76. The fourth-order valence-corrected chi connectivity index (χ4v) is 2.91. The molecule has 3 rings (SSSR count). The maximum absolute atomic E-state index is 5.67. The summed E-state index contributed by atoms with van der Waals surface area (Å²) < 4.78 is 10.5. The van der Waals surface area contributed by atoms with Crippen LogP contribution in [0.15, 0.2) is 52.9 Å². The fourth-order valence-electron chi connectivity index (χ4n) is 2.42. The molecule has 0 N–H and O–H groups in total. The van der Waals surface area contributed by atoms with Crippen LogP contribution >= 0.6 is 47.8 Å². The summed E-state index contributed by atoms with van der Waals surface area (Å²) in [5, 5.41) is 7.95. The molecule has 0 bridgehead atoms. The van der Waals surface area contributed by atoms with Crippen molar-refractivity contribution in [3.8, 4) is 5.75 Å². The van der Waals surface area contributed by atoms with E-state index in [1.807, 2.05) is 56.3 Å². The van der Waals surface area contributed by atoms with Crippen molar-refractivity contribution in [1.82, 2.24) is 10.2 Å². The number of halogens is 3. The van der Waals surface area contributed by atoms with Gasteiger partial charge in [-0.15, -0.1) is 10.2 Å². The molecule has 2 aromatic carbocycles. The van der Waals surface area contributed by atoms with E-state index in [1.165, 1.54) is 0 Å². The Labute approximate surface area is 195 Å². The normalized spacial score (nSPS) is 12.3. The van der Waals surface area contributed by atoms with Crippen molar-refractivity contribution < 1.29 is 9.15 Å². The molecule has 0 amide bonds. The molecule has 4 nitrogen and oxygen atoms in total. The van der Waals surface area contributed by atoms with E-state index in [1.54, 1.807) is 6.08 Å². The van der Waals surface area contributed by atoms with Crippen LogP contribution in [0.25, 0.3) is 24.3 Å². The standard InChI is InChI=1S/C22H19Br3N2O2/c1-15(2)28-19-12-9-18(10-13-19)8-5-16-3-6-17(7-4-16)11-14-20-26-27-21(29-20)22(23,24)25/h3-15H,1-2H3. The molecule has 0 aliphatic heterocycles. The van der Waals surface area contributed by atoms with Crippen LogP contribution in [0.3, 0.4) is 0 Å². The Hall–Kier alpha value is -1.70. The molecule has 1 aromatic heterocycles. The lowest BCUT2D eigenvalue weighted by atomic mass is 10.1. The first kappa shape index (κ1) is 22.0. The van der Waals surface area contributed by atoms with Gasteiger partial charge >= 0.3 is 0 Å². The van der Waals surface area contributed by atoms with E-state index in [-0.39, 0.29) is 6.10 Å². The zero-order valence-electron chi connectivity index (χ0n) is 15.9. The van der Waals surface area contributed by atoms with Gasteiger partial charge in [-0.1, -0.05) is 48.6 Å². The Bertz CT molecular complexity index is 986. The van der Waals surface area contributed by atoms with Crippen LogP contribution in [-0.2, 0) is 2.14 Å². The molecule has 0 unspecified atom stereocenters. The van der Waals surface area contributed by atoms with Gasteiger partial charge in [0.05, 0.1) is 6.10 Å². The number of aromatic nitrogens is 2. The van der Waals surface area contributed by atoms with Crippen LogP contribution in [0.2, 0.25) is 0 Å². The van der Waals surface area contributed by atoms with Crippen LogP contribution < -0.4 is 4.74 Å². The van der Waals surface area contributed by atoms with E-state index >= 15 is 0 Å². The van der Waals surface area contributed by atoms with Gasteiger partial charge in [-0.25, -0.2) is 0 Å². The largest absolute Gasteiger partial charge is 0.491 e. The maximum Gasteiger partial charge on any atom is 0.255 e. The van der Waals surface area contributed by atoms with Gasteiger partial charge in [-0.2, -0.15) is 0 Å². The Balaban J connectivity index is 1.61. The van der Waals surface area contributed by atoms with Crippen molar-refractivity contribution >= 4 is 72.1 Å². The van der Waals surface area contributed by atoms with Crippen molar-refractivity contribution in [2.75, 3.05) is 0 Å². The quantitative estimate of drug-likeness (QED) is 0.223. The molecule has 1 heterocycles. The number of benzene rings is 2. The minimum absolute atomic E-state index is 0.178.